The summed E-state index contributed by atoms with van der Waals surface area (Å²) in [5, 5.41) is 15.0. The van der Waals surface area contributed by atoms with E-state index in [2.05, 4.69) is 25.9 Å². The molecule has 0 saturated carbocycles. The maximum Gasteiger partial charge on any atom is 0.168 e. The van der Waals surface area contributed by atoms with E-state index in [9.17, 15) is 0 Å². The summed E-state index contributed by atoms with van der Waals surface area (Å²) in [4.78, 5) is 4.04. The topological polar surface area (TPSA) is 104 Å². The smallest absolute Gasteiger partial charge is 0.168 e. The fraction of sp³-hybridized carbons (Fsp3) is 0.0500. The van der Waals surface area contributed by atoms with Crippen molar-refractivity contribution in [1.82, 2.24) is 20.7 Å². The summed E-state index contributed by atoms with van der Waals surface area (Å²) < 4.78 is 5.34. The fourth-order valence-electron chi connectivity index (χ4n) is 3.15. The van der Waals surface area contributed by atoms with Gasteiger partial charge in [-0.1, -0.05) is 0 Å². The maximum absolute atomic E-state index is 6.21. The molecule has 0 radical (unpaired) electrons. The van der Waals surface area contributed by atoms with Gasteiger partial charge in [-0.05, 0) is 42.0 Å². The van der Waals surface area contributed by atoms with Gasteiger partial charge in [0.2, 0.25) is 0 Å². The number of pyridine rings is 1. The second-order valence-corrected chi connectivity index (χ2v) is 6.42. The molecule has 2 aliphatic rings. The largest absolute Gasteiger partial charge is 0.464 e. The van der Waals surface area contributed by atoms with Crippen LogP contribution in [-0.2, 0) is 0 Å². The van der Waals surface area contributed by atoms with E-state index in [1.807, 2.05) is 42.6 Å². The Kier molecular flexibility index (Phi) is 3.79. The number of aromatic nitrogens is 1. The predicted molar refractivity (Wildman–Crippen MR) is 108 cm³/mol. The van der Waals surface area contributed by atoms with Gasteiger partial charge in [0.15, 0.2) is 12.0 Å². The summed E-state index contributed by atoms with van der Waals surface area (Å²) in [6, 6.07) is 11.6. The molecule has 0 amide bonds. The SMILES string of the molecule is NC1=CC(N/N=C/c2ccc3occc3c2)=NN2C=C(c3ccncc3)NC12. The van der Waals surface area contributed by atoms with Crippen molar-refractivity contribution in [3.63, 3.8) is 0 Å². The zero-order valence-corrected chi connectivity index (χ0v) is 14.8. The van der Waals surface area contributed by atoms with E-state index in [-0.39, 0.29) is 6.17 Å². The van der Waals surface area contributed by atoms with Crippen molar-refractivity contribution in [2.75, 3.05) is 0 Å². The number of amidine groups is 1. The summed E-state index contributed by atoms with van der Waals surface area (Å²) in [5.41, 5.74) is 13.6. The monoisotopic (exact) mass is 371 g/mol. The van der Waals surface area contributed by atoms with Gasteiger partial charge < -0.3 is 15.5 Å². The molecule has 138 valence electrons. The summed E-state index contributed by atoms with van der Waals surface area (Å²) in [7, 11) is 0. The highest BCUT2D eigenvalue weighted by atomic mass is 16.3. The molecule has 5 rings (SSSR count). The van der Waals surface area contributed by atoms with Gasteiger partial charge in [0.1, 0.15) is 5.58 Å². The van der Waals surface area contributed by atoms with E-state index in [4.69, 9.17) is 10.2 Å². The molecule has 4 heterocycles. The molecule has 1 atom stereocenters. The first-order valence-electron chi connectivity index (χ1n) is 8.75. The van der Waals surface area contributed by atoms with Crippen molar-refractivity contribution in [2.45, 2.75) is 6.17 Å². The Hall–Kier alpha value is -4.07. The van der Waals surface area contributed by atoms with Crippen LogP contribution in [0.1, 0.15) is 11.1 Å². The average molecular weight is 371 g/mol. The maximum atomic E-state index is 6.21. The molecule has 2 aromatic heterocycles. The van der Waals surface area contributed by atoms with Crippen LogP contribution in [0.2, 0.25) is 0 Å². The third-order valence-corrected chi connectivity index (χ3v) is 4.52. The van der Waals surface area contributed by atoms with Crippen LogP contribution in [0, 0.1) is 0 Å². The van der Waals surface area contributed by atoms with Crippen LogP contribution in [0.15, 0.2) is 87.6 Å². The summed E-state index contributed by atoms with van der Waals surface area (Å²) in [6.07, 6.45) is 10.4. The molecule has 0 bridgehead atoms. The van der Waals surface area contributed by atoms with Crippen molar-refractivity contribution in [3.8, 4) is 0 Å². The molecule has 1 aromatic carbocycles. The van der Waals surface area contributed by atoms with Gasteiger partial charge in [0, 0.05) is 29.4 Å². The third kappa shape index (κ3) is 2.96. The number of rotatable bonds is 3. The first-order valence-corrected chi connectivity index (χ1v) is 8.75. The number of hydrazone groups is 2. The minimum Gasteiger partial charge on any atom is -0.464 e. The molecule has 4 N–H and O–H groups in total. The quantitative estimate of drug-likeness (QED) is 0.481. The van der Waals surface area contributed by atoms with Gasteiger partial charge in [-0.25, -0.2) is 5.01 Å². The van der Waals surface area contributed by atoms with Crippen LogP contribution < -0.4 is 16.5 Å². The van der Waals surface area contributed by atoms with Crippen molar-refractivity contribution in [3.05, 3.63) is 84.2 Å². The molecule has 3 aromatic rings. The van der Waals surface area contributed by atoms with Crippen molar-refractivity contribution < 1.29 is 4.42 Å². The van der Waals surface area contributed by atoms with Crippen LogP contribution in [-0.4, -0.2) is 28.2 Å². The summed E-state index contributed by atoms with van der Waals surface area (Å²) in [5.74, 6) is 0.559. The van der Waals surface area contributed by atoms with E-state index >= 15 is 0 Å². The van der Waals surface area contributed by atoms with Gasteiger partial charge in [-0.15, -0.1) is 0 Å². The molecule has 8 heteroatoms. The molecule has 0 spiro atoms. The number of benzene rings is 1. The second kappa shape index (κ2) is 6.58. The standard InChI is InChI=1S/C20H17N7O/c21-16-10-19(25-23-11-13-1-2-18-15(9-13)5-8-28-18)26-27-12-17(24-20(16)27)14-3-6-22-7-4-14/h1-12,20,24H,21H2,(H,25,26)/b23-11+. The predicted octanol–water partition coefficient (Wildman–Crippen LogP) is 2.15. The number of nitrogens with zero attached hydrogens (tertiary/aromatic N) is 4. The van der Waals surface area contributed by atoms with Gasteiger partial charge in [0.05, 0.1) is 30.1 Å². The number of hydrogen-bond donors (Lipinski definition) is 3. The van der Waals surface area contributed by atoms with Gasteiger partial charge in [0.25, 0.3) is 0 Å². The zero-order valence-electron chi connectivity index (χ0n) is 14.8. The van der Waals surface area contributed by atoms with Crippen molar-refractivity contribution in [2.24, 2.45) is 15.9 Å². The lowest BCUT2D eigenvalue weighted by Gasteiger charge is -2.25. The Balaban J connectivity index is 1.32. The Bertz CT molecular complexity index is 1140. The fourth-order valence-corrected chi connectivity index (χ4v) is 3.15. The Morgan fingerprint density at radius 2 is 2.11 bits per heavy atom. The molecule has 2 aliphatic heterocycles. The van der Waals surface area contributed by atoms with Crippen LogP contribution >= 0.6 is 0 Å². The minimum atomic E-state index is -0.207. The highest BCUT2D eigenvalue weighted by Gasteiger charge is 2.29. The van der Waals surface area contributed by atoms with Crippen LogP contribution in [0.5, 0.6) is 0 Å². The number of nitrogens with one attached hydrogen (secondary N) is 2. The number of fused-ring (bicyclic) bond motifs is 2. The molecular formula is C20H17N7O. The van der Waals surface area contributed by atoms with E-state index in [1.165, 1.54) is 0 Å². The molecule has 0 aliphatic carbocycles. The number of hydrogen-bond acceptors (Lipinski definition) is 8. The molecule has 28 heavy (non-hydrogen) atoms. The lowest BCUT2D eigenvalue weighted by molar-refractivity contribution is 0.321. The normalized spacial score (nSPS) is 18.5. The highest BCUT2D eigenvalue weighted by Crippen LogP contribution is 2.24. The molecule has 8 nitrogen and oxygen atoms in total. The zero-order chi connectivity index (χ0) is 18.9. The summed E-state index contributed by atoms with van der Waals surface area (Å²) in [6.45, 7) is 0. The third-order valence-electron chi connectivity index (χ3n) is 4.52. The van der Waals surface area contributed by atoms with Crippen LogP contribution in [0.3, 0.4) is 0 Å². The van der Waals surface area contributed by atoms with Crippen molar-refractivity contribution in [1.29, 1.82) is 0 Å². The Morgan fingerprint density at radius 1 is 1.21 bits per heavy atom. The molecule has 0 saturated heterocycles. The van der Waals surface area contributed by atoms with Crippen LogP contribution in [0.25, 0.3) is 16.7 Å². The lowest BCUT2D eigenvalue weighted by Crippen LogP contribution is -2.42. The molecule has 0 fully saturated rings. The average Bonchev–Trinajstić information content (AvgIpc) is 3.35. The molecular weight excluding hydrogens is 354 g/mol. The Morgan fingerprint density at radius 3 is 3.00 bits per heavy atom. The highest BCUT2D eigenvalue weighted by molar-refractivity contribution is 5.95. The number of nitrogens with two attached hydrogens (primary N) is 1. The summed E-state index contributed by atoms with van der Waals surface area (Å²) >= 11 is 0. The molecule has 1 unspecified atom stereocenters. The minimum absolute atomic E-state index is 0.207. The van der Waals surface area contributed by atoms with E-state index < -0.39 is 0 Å². The van der Waals surface area contributed by atoms with Gasteiger partial charge in [-0.2, -0.15) is 10.2 Å². The first-order chi connectivity index (χ1) is 13.8. The van der Waals surface area contributed by atoms with Gasteiger partial charge in [-0.3, -0.25) is 10.4 Å². The lowest BCUT2D eigenvalue weighted by atomic mass is 10.2. The van der Waals surface area contributed by atoms with Crippen molar-refractivity contribution >= 4 is 28.7 Å². The van der Waals surface area contributed by atoms with Crippen LogP contribution in [0.4, 0.5) is 0 Å². The van der Waals surface area contributed by atoms with Gasteiger partial charge >= 0.3 is 0 Å². The van der Waals surface area contributed by atoms with E-state index in [0.717, 1.165) is 27.8 Å². The second-order valence-electron chi connectivity index (χ2n) is 6.42. The van der Waals surface area contributed by atoms with E-state index in [0.29, 0.717) is 11.5 Å². The van der Waals surface area contributed by atoms with E-state index in [1.54, 1.807) is 36.0 Å². The Labute approximate surface area is 160 Å². The first kappa shape index (κ1) is 16.1. The number of furan rings is 1.